The van der Waals surface area contributed by atoms with E-state index in [1.54, 1.807) is 12.1 Å². The van der Waals surface area contributed by atoms with Gasteiger partial charge < -0.3 is 19.6 Å². The van der Waals surface area contributed by atoms with Crippen molar-refractivity contribution < 1.29 is 19.4 Å². The van der Waals surface area contributed by atoms with E-state index in [0.29, 0.717) is 11.3 Å². The van der Waals surface area contributed by atoms with E-state index in [9.17, 15) is 14.7 Å². The Morgan fingerprint density at radius 3 is 1.81 bits per heavy atom. The van der Waals surface area contributed by atoms with Crippen LogP contribution in [-0.4, -0.2) is 52.1 Å². The van der Waals surface area contributed by atoms with Crippen LogP contribution < -0.4 is 19.4 Å². The molecule has 1 atom stereocenters. The molecule has 1 N–H and O–H groups in total. The summed E-state index contributed by atoms with van der Waals surface area (Å²) in [5.74, 6) is -1.68. The van der Waals surface area contributed by atoms with E-state index in [1.165, 1.54) is 24.1 Å². The predicted molar refractivity (Wildman–Crippen MR) is 149 cm³/mol. The maximum Gasteiger partial charge on any atom is 0.300 e. The van der Waals surface area contributed by atoms with Crippen LogP contribution in [0.5, 0.6) is 5.75 Å². The molecule has 0 radical (unpaired) electrons. The van der Waals surface area contributed by atoms with Crippen molar-refractivity contribution in [2.45, 2.75) is 6.04 Å². The summed E-state index contributed by atoms with van der Waals surface area (Å²) in [5.41, 5.74) is 3.22. The molecule has 4 rings (SSSR count). The molecule has 0 bridgehead atoms. The molecule has 1 heterocycles. The molecule has 37 heavy (non-hydrogen) atoms. The second-order valence-electron chi connectivity index (χ2n) is 9.04. The van der Waals surface area contributed by atoms with Gasteiger partial charge in [-0.05, 0) is 54.1 Å². The van der Waals surface area contributed by atoms with Crippen LogP contribution in [0.3, 0.4) is 0 Å². The Kier molecular flexibility index (Phi) is 7.39. The van der Waals surface area contributed by atoms with Crippen molar-refractivity contribution in [3.8, 4) is 5.75 Å². The molecule has 1 aliphatic rings. The van der Waals surface area contributed by atoms with Gasteiger partial charge in [0.2, 0.25) is 0 Å². The number of benzene rings is 3. The first-order valence-electron chi connectivity index (χ1n) is 11.4. The van der Waals surface area contributed by atoms with Gasteiger partial charge in [0, 0.05) is 50.8 Å². The summed E-state index contributed by atoms with van der Waals surface area (Å²) in [6, 6.07) is 16.8. The third kappa shape index (κ3) is 4.84. The lowest BCUT2D eigenvalue weighted by Gasteiger charge is -2.26. The number of anilines is 3. The minimum atomic E-state index is -0.874. The lowest BCUT2D eigenvalue weighted by Crippen LogP contribution is -2.29. The van der Waals surface area contributed by atoms with E-state index in [1.807, 2.05) is 74.4 Å². The molecule has 0 spiro atoms. The number of hydrogen-bond acceptors (Lipinski definition) is 6. The van der Waals surface area contributed by atoms with Gasteiger partial charge in [-0.15, -0.1) is 0 Å². The summed E-state index contributed by atoms with van der Waals surface area (Å²) < 4.78 is 5.20. The molecule has 3 aromatic carbocycles. The molecular formula is C28H27Cl2N3O4. The highest BCUT2D eigenvalue weighted by Gasteiger charge is 2.47. The molecule has 192 valence electrons. The van der Waals surface area contributed by atoms with Crippen LogP contribution in [0.25, 0.3) is 5.76 Å². The predicted octanol–water partition coefficient (Wildman–Crippen LogP) is 5.76. The average molecular weight is 540 g/mol. The lowest BCUT2D eigenvalue weighted by molar-refractivity contribution is -0.132. The van der Waals surface area contributed by atoms with Crippen molar-refractivity contribution >= 4 is 57.7 Å². The zero-order valence-corrected chi connectivity index (χ0v) is 22.6. The number of ether oxygens (including phenoxy) is 1. The van der Waals surface area contributed by atoms with Crippen molar-refractivity contribution in [3.63, 3.8) is 0 Å². The maximum absolute atomic E-state index is 13.4. The van der Waals surface area contributed by atoms with Gasteiger partial charge in [-0.3, -0.25) is 14.5 Å². The molecule has 0 aliphatic carbocycles. The fourth-order valence-corrected chi connectivity index (χ4v) is 4.97. The number of halogens is 2. The number of Topliss-reactive ketones (excluding diaryl/α,β-unsaturated/α-hetero) is 1. The normalized spacial score (nSPS) is 16.7. The fourth-order valence-electron chi connectivity index (χ4n) is 4.33. The molecule has 1 saturated heterocycles. The largest absolute Gasteiger partial charge is 0.507 e. The molecule has 1 unspecified atom stereocenters. The first-order chi connectivity index (χ1) is 17.5. The number of aliphatic hydroxyl groups is 1. The van der Waals surface area contributed by atoms with Crippen LogP contribution >= 0.6 is 23.2 Å². The van der Waals surface area contributed by atoms with E-state index < -0.39 is 17.7 Å². The molecule has 0 saturated carbocycles. The SMILES string of the molecule is COc1c(Cl)cc(/C(O)=C2\C(=O)C(=O)N(c3ccc(N(C)C)cc3)C2c2ccc(N(C)C)cc2)cc1Cl. The van der Waals surface area contributed by atoms with Gasteiger partial charge in [0.15, 0.2) is 5.75 Å². The van der Waals surface area contributed by atoms with Crippen LogP contribution in [0.2, 0.25) is 10.0 Å². The molecule has 9 heteroatoms. The van der Waals surface area contributed by atoms with Crippen LogP contribution in [0.1, 0.15) is 17.2 Å². The van der Waals surface area contributed by atoms with Gasteiger partial charge in [-0.2, -0.15) is 0 Å². The van der Waals surface area contributed by atoms with Gasteiger partial charge in [-0.1, -0.05) is 35.3 Å². The smallest absolute Gasteiger partial charge is 0.300 e. The third-order valence-electron chi connectivity index (χ3n) is 6.29. The molecule has 1 amide bonds. The van der Waals surface area contributed by atoms with Crippen molar-refractivity contribution in [2.24, 2.45) is 0 Å². The highest BCUT2D eigenvalue weighted by molar-refractivity contribution is 6.51. The topological polar surface area (TPSA) is 73.3 Å². The second kappa shape index (κ2) is 10.4. The maximum atomic E-state index is 13.4. The summed E-state index contributed by atoms with van der Waals surface area (Å²) in [4.78, 5) is 32.1. The number of aliphatic hydroxyl groups excluding tert-OH is 1. The number of carbonyl (C=O) groups is 2. The number of carbonyl (C=O) groups excluding carboxylic acids is 2. The number of amides is 1. The highest BCUT2D eigenvalue weighted by Crippen LogP contribution is 2.44. The van der Waals surface area contributed by atoms with Crippen molar-refractivity contribution in [1.29, 1.82) is 0 Å². The molecular weight excluding hydrogens is 513 g/mol. The van der Waals surface area contributed by atoms with E-state index in [0.717, 1.165) is 11.4 Å². The van der Waals surface area contributed by atoms with E-state index in [4.69, 9.17) is 27.9 Å². The van der Waals surface area contributed by atoms with Crippen molar-refractivity contribution in [1.82, 2.24) is 0 Å². The van der Waals surface area contributed by atoms with Gasteiger partial charge >= 0.3 is 0 Å². The molecule has 0 aromatic heterocycles. The van der Waals surface area contributed by atoms with Crippen LogP contribution in [0.15, 0.2) is 66.2 Å². The van der Waals surface area contributed by atoms with Crippen molar-refractivity contribution in [3.05, 3.63) is 87.4 Å². The number of ketones is 1. The monoisotopic (exact) mass is 539 g/mol. The van der Waals surface area contributed by atoms with E-state index >= 15 is 0 Å². The molecule has 7 nitrogen and oxygen atoms in total. The Morgan fingerprint density at radius 2 is 1.35 bits per heavy atom. The first-order valence-corrected chi connectivity index (χ1v) is 12.2. The Bertz CT molecular complexity index is 1360. The zero-order valence-electron chi connectivity index (χ0n) is 21.1. The quantitative estimate of drug-likeness (QED) is 0.244. The number of methoxy groups -OCH3 is 1. The molecule has 1 aliphatic heterocycles. The first kappa shape index (κ1) is 26.4. The Balaban J connectivity index is 1.92. The van der Waals surface area contributed by atoms with E-state index in [-0.39, 0.29) is 32.7 Å². The summed E-state index contributed by atoms with van der Waals surface area (Å²) in [5, 5.41) is 11.7. The Hall–Kier alpha value is -3.68. The zero-order chi connectivity index (χ0) is 27.0. The van der Waals surface area contributed by atoms with Gasteiger partial charge in [-0.25, -0.2) is 0 Å². The second-order valence-corrected chi connectivity index (χ2v) is 9.85. The lowest BCUT2D eigenvalue weighted by atomic mass is 9.94. The minimum absolute atomic E-state index is 0.0587. The van der Waals surface area contributed by atoms with Crippen molar-refractivity contribution in [2.75, 3.05) is 50.0 Å². The fraction of sp³-hybridized carbons (Fsp3) is 0.214. The van der Waals surface area contributed by atoms with Gasteiger partial charge in [0.1, 0.15) is 5.76 Å². The number of nitrogens with zero attached hydrogens (tertiary/aromatic N) is 3. The van der Waals surface area contributed by atoms with Gasteiger partial charge in [0.25, 0.3) is 11.7 Å². The van der Waals surface area contributed by atoms with Crippen LogP contribution in [0, 0.1) is 0 Å². The Morgan fingerprint density at radius 1 is 0.865 bits per heavy atom. The van der Waals surface area contributed by atoms with Crippen LogP contribution in [-0.2, 0) is 9.59 Å². The summed E-state index contributed by atoms with van der Waals surface area (Å²) >= 11 is 12.6. The number of hydrogen-bond donors (Lipinski definition) is 1. The van der Waals surface area contributed by atoms with Crippen LogP contribution in [0.4, 0.5) is 17.1 Å². The third-order valence-corrected chi connectivity index (χ3v) is 6.85. The average Bonchev–Trinajstić information content (AvgIpc) is 3.13. The summed E-state index contributed by atoms with van der Waals surface area (Å²) in [6.45, 7) is 0. The van der Waals surface area contributed by atoms with Gasteiger partial charge in [0.05, 0.1) is 28.8 Å². The summed E-state index contributed by atoms with van der Waals surface area (Å²) in [7, 11) is 9.10. The molecule has 1 fully saturated rings. The number of rotatable bonds is 6. The minimum Gasteiger partial charge on any atom is -0.507 e. The Labute approximate surface area is 226 Å². The molecule has 3 aromatic rings. The highest BCUT2D eigenvalue weighted by atomic mass is 35.5. The van der Waals surface area contributed by atoms with E-state index in [2.05, 4.69) is 0 Å². The summed E-state index contributed by atoms with van der Waals surface area (Å²) in [6.07, 6.45) is 0. The standard InChI is InChI=1S/C28H27Cl2N3O4/c1-31(2)18-8-6-16(7-9-18)24-23(25(34)17-14-21(29)27(37-5)22(30)15-17)26(35)28(36)33(24)20-12-10-19(11-13-20)32(3)4/h6-15,24,34H,1-5H3/b25-23+.